The summed E-state index contributed by atoms with van der Waals surface area (Å²) in [4.78, 5) is 29.1. The lowest BCUT2D eigenvalue weighted by atomic mass is 9.84. The lowest BCUT2D eigenvalue weighted by molar-refractivity contribution is -0.132. The van der Waals surface area contributed by atoms with Gasteiger partial charge >= 0.3 is 0 Å². The van der Waals surface area contributed by atoms with Crippen molar-refractivity contribution in [2.75, 3.05) is 13.1 Å². The first-order valence-electron chi connectivity index (χ1n) is 11.9. The molecule has 1 amide bonds. The fourth-order valence-electron chi connectivity index (χ4n) is 4.80. The molecule has 0 aliphatic carbocycles. The van der Waals surface area contributed by atoms with Gasteiger partial charge in [0, 0.05) is 55.8 Å². The van der Waals surface area contributed by atoms with Gasteiger partial charge in [-0.15, -0.1) is 0 Å². The van der Waals surface area contributed by atoms with Gasteiger partial charge in [0.2, 0.25) is 5.91 Å². The van der Waals surface area contributed by atoms with Gasteiger partial charge in [0.15, 0.2) is 0 Å². The van der Waals surface area contributed by atoms with Gasteiger partial charge in [-0.3, -0.25) is 14.7 Å². The third kappa shape index (κ3) is 4.96. The number of benzene rings is 1. The molecule has 3 aromatic rings. The molecule has 2 aromatic heterocycles. The first kappa shape index (κ1) is 23.1. The van der Waals surface area contributed by atoms with Crippen LogP contribution >= 0.6 is 0 Å². The summed E-state index contributed by atoms with van der Waals surface area (Å²) >= 11 is 0. The monoisotopic (exact) mass is 443 g/mol. The standard InChI is InChI=1S/C27H33N5O/c1-4-29-26(33)27(16-23-8-5-6-9-24(23)22-10-13-28-14-11-22)12-7-15-32(27)19-21-17-30-25(20(2)3)31-18-21/h5-6,8-11,13-14,17-18,20H,4,7,12,15-16,19H2,1-3H3,(H,29,33). The molecule has 3 heterocycles. The van der Waals surface area contributed by atoms with E-state index >= 15 is 0 Å². The minimum absolute atomic E-state index is 0.103. The van der Waals surface area contributed by atoms with Gasteiger partial charge in [0.05, 0.1) is 0 Å². The summed E-state index contributed by atoms with van der Waals surface area (Å²) in [6.07, 6.45) is 9.92. The summed E-state index contributed by atoms with van der Waals surface area (Å²) in [7, 11) is 0. The van der Waals surface area contributed by atoms with Gasteiger partial charge in [0.25, 0.3) is 0 Å². The Bertz CT molecular complexity index is 1070. The van der Waals surface area contributed by atoms with Crippen LogP contribution in [-0.2, 0) is 17.8 Å². The maximum atomic E-state index is 13.6. The fourth-order valence-corrected chi connectivity index (χ4v) is 4.80. The van der Waals surface area contributed by atoms with Crippen molar-refractivity contribution in [1.29, 1.82) is 0 Å². The minimum Gasteiger partial charge on any atom is -0.355 e. The van der Waals surface area contributed by atoms with E-state index in [2.05, 4.69) is 63.3 Å². The van der Waals surface area contributed by atoms with Crippen LogP contribution in [0.1, 0.15) is 56.5 Å². The van der Waals surface area contributed by atoms with Crippen LogP contribution < -0.4 is 5.32 Å². The molecule has 1 aromatic carbocycles. The maximum absolute atomic E-state index is 13.6. The molecule has 1 atom stereocenters. The molecule has 1 unspecified atom stereocenters. The Morgan fingerprint density at radius 2 is 1.85 bits per heavy atom. The number of aromatic nitrogens is 3. The molecule has 1 N–H and O–H groups in total. The Hall–Kier alpha value is -3.12. The van der Waals surface area contributed by atoms with Gasteiger partial charge in [0.1, 0.15) is 11.4 Å². The number of hydrogen-bond donors (Lipinski definition) is 1. The normalized spacial score (nSPS) is 18.5. The van der Waals surface area contributed by atoms with E-state index in [4.69, 9.17) is 0 Å². The van der Waals surface area contributed by atoms with Crippen LogP contribution in [0.25, 0.3) is 11.1 Å². The molecule has 0 spiro atoms. The Kier molecular flexibility index (Phi) is 7.14. The molecule has 1 saturated heterocycles. The smallest absolute Gasteiger partial charge is 0.240 e. The molecule has 33 heavy (non-hydrogen) atoms. The Labute approximate surface area is 196 Å². The zero-order valence-corrected chi connectivity index (χ0v) is 19.8. The average Bonchev–Trinajstić information content (AvgIpc) is 3.23. The van der Waals surface area contributed by atoms with Gasteiger partial charge in [-0.2, -0.15) is 0 Å². The number of amides is 1. The van der Waals surface area contributed by atoms with Crippen molar-refractivity contribution in [3.8, 4) is 11.1 Å². The maximum Gasteiger partial charge on any atom is 0.240 e. The summed E-state index contributed by atoms with van der Waals surface area (Å²) in [6, 6.07) is 12.4. The summed E-state index contributed by atoms with van der Waals surface area (Å²) < 4.78 is 0. The summed E-state index contributed by atoms with van der Waals surface area (Å²) in [5.74, 6) is 1.25. The molecule has 0 radical (unpaired) electrons. The van der Waals surface area contributed by atoms with Crippen molar-refractivity contribution >= 4 is 5.91 Å². The van der Waals surface area contributed by atoms with E-state index in [-0.39, 0.29) is 5.91 Å². The Balaban J connectivity index is 1.67. The van der Waals surface area contributed by atoms with Crippen molar-refractivity contribution in [2.45, 2.75) is 58.0 Å². The van der Waals surface area contributed by atoms with E-state index in [0.717, 1.165) is 41.9 Å². The lowest BCUT2D eigenvalue weighted by Crippen LogP contribution is -2.56. The largest absolute Gasteiger partial charge is 0.355 e. The topological polar surface area (TPSA) is 71.0 Å². The van der Waals surface area contributed by atoms with Crippen molar-refractivity contribution in [3.05, 3.63) is 78.1 Å². The highest BCUT2D eigenvalue weighted by molar-refractivity contribution is 5.87. The second-order valence-corrected chi connectivity index (χ2v) is 9.09. The highest BCUT2D eigenvalue weighted by atomic mass is 16.2. The van der Waals surface area contributed by atoms with Crippen LogP contribution in [0.15, 0.2) is 61.2 Å². The first-order valence-corrected chi connectivity index (χ1v) is 11.9. The second kappa shape index (κ2) is 10.2. The summed E-state index contributed by atoms with van der Waals surface area (Å²) in [5, 5.41) is 3.13. The van der Waals surface area contributed by atoms with Crippen LogP contribution in [0.2, 0.25) is 0 Å². The van der Waals surface area contributed by atoms with E-state index in [0.29, 0.717) is 25.4 Å². The summed E-state index contributed by atoms with van der Waals surface area (Å²) in [6.45, 7) is 8.32. The van der Waals surface area contributed by atoms with Crippen molar-refractivity contribution in [2.24, 2.45) is 0 Å². The number of carbonyl (C=O) groups is 1. The second-order valence-electron chi connectivity index (χ2n) is 9.09. The van der Waals surface area contributed by atoms with Crippen LogP contribution in [-0.4, -0.2) is 44.4 Å². The fraction of sp³-hybridized carbons (Fsp3) is 0.407. The molecule has 6 nitrogen and oxygen atoms in total. The number of pyridine rings is 1. The molecular formula is C27H33N5O. The molecule has 0 bridgehead atoms. The lowest BCUT2D eigenvalue weighted by Gasteiger charge is -2.38. The third-order valence-electron chi connectivity index (χ3n) is 6.49. The first-order chi connectivity index (χ1) is 16.0. The zero-order chi connectivity index (χ0) is 23.3. The predicted molar refractivity (Wildman–Crippen MR) is 131 cm³/mol. The van der Waals surface area contributed by atoms with E-state index in [9.17, 15) is 4.79 Å². The molecule has 6 heteroatoms. The van der Waals surface area contributed by atoms with E-state index in [1.165, 1.54) is 5.56 Å². The number of likely N-dealkylation sites (N-methyl/N-ethyl adjacent to an activating group) is 1. The van der Waals surface area contributed by atoms with Crippen molar-refractivity contribution in [1.82, 2.24) is 25.2 Å². The highest BCUT2D eigenvalue weighted by Gasteiger charge is 2.47. The van der Waals surface area contributed by atoms with Crippen LogP contribution in [0, 0.1) is 0 Å². The van der Waals surface area contributed by atoms with Gasteiger partial charge in [-0.25, -0.2) is 9.97 Å². The molecule has 172 valence electrons. The predicted octanol–water partition coefficient (Wildman–Crippen LogP) is 4.38. The number of likely N-dealkylation sites (tertiary alicyclic amines) is 1. The van der Waals surface area contributed by atoms with Gasteiger partial charge in [-0.1, -0.05) is 38.1 Å². The molecule has 0 saturated carbocycles. The van der Waals surface area contributed by atoms with Crippen LogP contribution in [0.5, 0.6) is 0 Å². The number of carbonyl (C=O) groups excluding carboxylic acids is 1. The quantitative estimate of drug-likeness (QED) is 0.560. The van der Waals surface area contributed by atoms with Gasteiger partial charge < -0.3 is 5.32 Å². The van der Waals surface area contributed by atoms with Crippen molar-refractivity contribution < 1.29 is 4.79 Å². The minimum atomic E-state index is -0.601. The van der Waals surface area contributed by atoms with Crippen LogP contribution in [0.4, 0.5) is 0 Å². The Morgan fingerprint density at radius 1 is 1.12 bits per heavy atom. The molecule has 1 aliphatic rings. The van der Waals surface area contributed by atoms with Gasteiger partial charge in [-0.05, 0) is 55.1 Å². The average molecular weight is 444 g/mol. The zero-order valence-electron chi connectivity index (χ0n) is 19.8. The summed E-state index contributed by atoms with van der Waals surface area (Å²) in [5.41, 5.74) is 3.88. The molecular weight excluding hydrogens is 410 g/mol. The molecule has 4 rings (SSSR count). The molecule has 1 aliphatic heterocycles. The molecule has 1 fully saturated rings. The number of nitrogens with one attached hydrogen (secondary N) is 1. The highest BCUT2D eigenvalue weighted by Crippen LogP contribution is 2.37. The Morgan fingerprint density at radius 3 is 2.55 bits per heavy atom. The SMILES string of the molecule is CCNC(=O)C1(Cc2ccccc2-c2ccncc2)CCCN1Cc1cnc(C(C)C)nc1. The van der Waals surface area contributed by atoms with E-state index in [1.54, 1.807) is 0 Å². The van der Waals surface area contributed by atoms with E-state index < -0.39 is 5.54 Å². The third-order valence-corrected chi connectivity index (χ3v) is 6.49. The van der Waals surface area contributed by atoms with E-state index in [1.807, 2.05) is 43.8 Å². The van der Waals surface area contributed by atoms with Crippen LogP contribution in [0.3, 0.4) is 0 Å². The van der Waals surface area contributed by atoms with Crippen molar-refractivity contribution in [3.63, 3.8) is 0 Å². The number of rotatable bonds is 8. The number of hydrogen-bond acceptors (Lipinski definition) is 5. The number of nitrogens with zero attached hydrogens (tertiary/aromatic N) is 4.